The molecule has 1 aliphatic carbocycles. The fourth-order valence-corrected chi connectivity index (χ4v) is 6.06. The van der Waals surface area contributed by atoms with Crippen LogP contribution in [-0.2, 0) is 24.5 Å². The molecule has 2 aromatic rings. The minimum atomic E-state index is -1.71. The van der Waals surface area contributed by atoms with Gasteiger partial charge in [0.1, 0.15) is 16.8 Å². The standard InChI is InChI=1S/C27H26BrN3O4/c1-14-7-5-6-8-18(14)31-19-12-26(2,3)13-20(32)21(19)27(22(23(31)29)24(33)35-4)16-11-15(28)9-10-17(16)30-25(27)34/h5-11H,12-13,29H2,1-4H3,(H,30,34). The molecule has 8 heteroatoms. The number of Topliss-reactive ketones (excluding diaryl/α,β-unsaturated/α-hetero) is 1. The average Bonchev–Trinajstić information content (AvgIpc) is 3.05. The van der Waals surface area contributed by atoms with Crippen molar-refractivity contribution in [3.8, 4) is 0 Å². The number of methoxy groups -OCH3 is 1. The molecule has 0 radical (unpaired) electrons. The number of ketones is 1. The summed E-state index contributed by atoms with van der Waals surface area (Å²) in [6, 6.07) is 12.9. The summed E-state index contributed by atoms with van der Waals surface area (Å²) in [5, 5.41) is 2.89. The summed E-state index contributed by atoms with van der Waals surface area (Å²) in [5.41, 5.74) is 8.30. The maximum atomic E-state index is 14.0. The second kappa shape index (κ2) is 7.81. The van der Waals surface area contributed by atoms with Crippen LogP contribution >= 0.6 is 15.9 Å². The zero-order valence-corrected chi connectivity index (χ0v) is 21.6. The molecule has 0 fully saturated rings. The number of ether oxygens (including phenoxy) is 1. The number of nitrogens with one attached hydrogen (secondary N) is 1. The van der Waals surface area contributed by atoms with Gasteiger partial charge in [-0.1, -0.05) is 48.0 Å². The average molecular weight is 536 g/mol. The first-order valence-corrected chi connectivity index (χ1v) is 12.1. The number of allylic oxidation sites excluding steroid dienone is 1. The van der Waals surface area contributed by atoms with Gasteiger partial charge in [0.15, 0.2) is 5.78 Å². The minimum Gasteiger partial charge on any atom is -0.466 e. The van der Waals surface area contributed by atoms with E-state index in [9.17, 15) is 14.4 Å². The first-order chi connectivity index (χ1) is 16.5. The fourth-order valence-electron chi connectivity index (χ4n) is 5.70. The number of esters is 1. The number of amides is 1. The van der Waals surface area contributed by atoms with Crippen LogP contribution in [0.15, 0.2) is 69.6 Å². The van der Waals surface area contributed by atoms with Crippen molar-refractivity contribution in [3.63, 3.8) is 0 Å². The van der Waals surface area contributed by atoms with Gasteiger partial charge in [-0.2, -0.15) is 0 Å². The van der Waals surface area contributed by atoms with Crippen molar-refractivity contribution in [2.45, 2.75) is 39.0 Å². The molecule has 2 aromatic carbocycles. The number of rotatable bonds is 2. The summed E-state index contributed by atoms with van der Waals surface area (Å²) in [6.07, 6.45) is 0.732. The second-order valence-corrected chi connectivity index (χ2v) is 10.9. The lowest BCUT2D eigenvalue weighted by Crippen LogP contribution is -2.54. The third-order valence-corrected chi connectivity index (χ3v) is 7.58. The Morgan fingerprint density at radius 1 is 1.14 bits per heavy atom. The highest BCUT2D eigenvalue weighted by Gasteiger charge is 2.63. The largest absolute Gasteiger partial charge is 0.466 e. The molecular formula is C27H26BrN3O4. The van der Waals surface area contributed by atoms with Gasteiger partial charge in [-0.15, -0.1) is 0 Å². The van der Waals surface area contributed by atoms with Crippen molar-refractivity contribution >= 4 is 45.0 Å². The molecule has 2 heterocycles. The molecule has 1 atom stereocenters. The van der Waals surface area contributed by atoms with E-state index >= 15 is 0 Å². The van der Waals surface area contributed by atoms with E-state index in [1.54, 1.807) is 23.1 Å². The van der Waals surface area contributed by atoms with E-state index in [0.29, 0.717) is 27.8 Å². The highest BCUT2D eigenvalue weighted by atomic mass is 79.9. The minimum absolute atomic E-state index is 0.0515. The third-order valence-electron chi connectivity index (χ3n) is 7.09. The van der Waals surface area contributed by atoms with Gasteiger partial charge in [0.25, 0.3) is 0 Å². The van der Waals surface area contributed by atoms with Crippen LogP contribution in [0, 0.1) is 12.3 Å². The number of hydrogen-bond donors (Lipinski definition) is 2. The molecule has 2 aliphatic heterocycles. The highest BCUT2D eigenvalue weighted by molar-refractivity contribution is 9.10. The number of carbonyl (C=O) groups is 3. The zero-order valence-electron chi connectivity index (χ0n) is 20.0. The van der Waals surface area contributed by atoms with Crippen molar-refractivity contribution in [3.05, 3.63) is 80.7 Å². The van der Waals surface area contributed by atoms with E-state index in [4.69, 9.17) is 10.5 Å². The van der Waals surface area contributed by atoms with Gasteiger partial charge in [-0.3, -0.25) is 14.5 Å². The Kier molecular flexibility index (Phi) is 5.21. The number of para-hydroxylation sites is 1. The predicted molar refractivity (Wildman–Crippen MR) is 136 cm³/mol. The van der Waals surface area contributed by atoms with Gasteiger partial charge in [0, 0.05) is 33.4 Å². The second-order valence-electron chi connectivity index (χ2n) is 10.0. The van der Waals surface area contributed by atoms with Gasteiger partial charge in [0.2, 0.25) is 5.91 Å². The summed E-state index contributed by atoms with van der Waals surface area (Å²) in [6.45, 7) is 5.98. The Labute approximate surface area is 212 Å². The Morgan fingerprint density at radius 2 is 1.86 bits per heavy atom. The molecule has 0 saturated carbocycles. The Bertz CT molecular complexity index is 1390. The van der Waals surface area contributed by atoms with Gasteiger partial charge in [-0.25, -0.2) is 4.79 Å². The Hall–Kier alpha value is -3.39. The SMILES string of the molecule is COC(=O)C1=C(N)N(c2ccccc2C)C2=C(C(=O)CC(C)(C)C2)C12C(=O)Nc1ccc(Br)cc12. The van der Waals surface area contributed by atoms with Gasteiger partial charge < -0.3 is 15.8 Å². The van der Waals surface area contributed by atoms with E-state index in [2.05, 4.69) is 21.2 Å². The summed E-state index contributed by atoms with van der Waals surface area (Å²) in [7, 11) is 1.25. The van der Waals surface area contributed by atoms with Crippen LogP contribution < -0.4 is 16.0 Å². The Balaban J connectivity index is 1.96. The lowest BCUT2D eigenvalue weighted by Gasteiger charge is -2.47. The predicted octanol–water partition coefficient (Wildman–Crippen LogP) is 4.45. The molecule has 1 spiro atoms. The monoisotopic (exact) mass is 535 g/mol. The van der Waals surface area contributed by atoms with Crippen LogP contribution in [0.4, 0.5) is 11.4 Å². The molecule has 0 bridgehead atoms. The van der Waals surface area contributed by atoms with Crippen molar-refractivity contribution in [1.29, 1.82) is 0 Å². The normalized spacial score (nSPS) is 22.8. The smallest absolute Gasteiger partial charge is 0.339 e. The molecule has 180 valence electrons. The molecule has 1 unspecified atom stereocenters. The number of fused-ring (bicyclic) bond motifs is 3. The van der Waals surface area contributed by atoms with Crippen LogP contribution in [0.3, 0.4) is 0 Å². The molecule has 0 aromatic heterocycles. The zero-order chi connectivity index (χ0) is 25.3. The van der Waals surface area contributed by atoms with Gasteiger partial charge in [0.05, 0.1) is 12.8 Å². The van der Waals surface area contributed by atoms with E-state index < -0.39 is 17.3 Å². The molecule has 1 amide bonds. The summed E-state index contributed by atoms with van der Waals surface area (Å²) in [4.78, 5) is 43.1. The van der Waals surface area contributed by atoms with Crippen LogP contribution in [0.25, 0.3) is 0 Å². The van der Waals surface area contributed by atoms with E-state index in [0.717, 1.165) is 11.3 Å². The highest BCUT2D eigenvalue weighted by Crippen LogP contribution is 2.57. The quantitative estimate of drug-likeness (QED) is 0.550. The van der Waals surface area contributed by atoms with E-state index in [1.165, 1.54) is 7.11 Å². The molecule has 3 aliphatic rings. The molecule has 7 nitrogen and oxygen atoms in total. The number of nitrogens with zero attached hydrogens (tertiary/aromatic N) is 1. The van der Waals surface area contributed by atoms with Crippen molar-refractivity contribution in [2.24, 2.45) is 11.1 Å². The number of nitrogens with two attached hydrogens (primary N) is 1. The summed E-state index contributed by atoms with van der Waals surface area (Å²) < 4.78 is 5.89. The number of carbonyl (C=O) groups excluding carboxylic acids is 3. The molecule has 35 heavy (non-hydrogen) atoms. The lowest BCUT2D eigenvalue weighted by molar-refractivity contribution is -0.138. The fraction of sp³-hybridized carbons (Fsp3) is 0.296. The summed E-state index contributed by atoms with van der Waals surface area (Å²) >= 11 is 3.49. The van der Waals surface area contributed by atoms with Gasteiger partial charge >= 0.3 is 5.97 Å². The third kappa shape index (κ3) is 3.19. The summed E-state index contributed by atoms with van der Waals surface area (Å²) in [5.74, 6) is -1.35. The number of hydrogen-bond acceptors (Lipinski definition) is 6. The topological polar surface area (TPSA) is 102 Å². The molecular weight excluding hydrogens is 510 g/mol. The lowest BCUT2D eigenvalue weighted by atomic mass is 9.60. The Morgan fingerprint density at radius 3 is 2.54 bits per heavy atom. The van der Waals surface area contributed by atoms with Crippen molar-refractivity contribution < 1.29 is 19.1 Å². The molecule has 3 N–H and O–H groups in total. The number of halogens is 1. The first-order valence-electron chi connectivity index (χ1n) is 11.4. The van der Waals surface area contributed by atoms with Crippen molar-refractivity contribution in [1.82, 2.24) is 0 Å². The molecule has 0 saturated heterocycles. The maximum Gasteiger partial charge on any atom is 0.339 e. The number of aryl methyl sites for hydroxylation is 1. The maximum absolute atomic E-state index is 14.0. The van der Waals surface area contributed by atoms with Crippen LogP contribution in [0.5, 0.6) is 0 Å². The van der Waals surface area contributed by atoms with Crippen molar-refractivity contribution in [2.75, 3.05) is 17.3 Å². The van der Waals surface area contributed by atoms with Crippen LogP contribution in [-0.4, -0.2) is 24.8 Å². The van der Waals surface area contributed by atoms with E-state index in [-0.39, 0.29) is 34.6 Å². The van der Waals surface area contributed by atoms with Crippen LogP contribution in [0.1, 0.15) is 37.8 Å². The van der Waals surface area contributed by atoms with E-state index in [1.807, 2.05) is 45.0 Å². The van der Waals surface area contributed by atoms with Crippen LogP contribution in [0.2, 0.25) is 0 Å². The number of anilines is 2. The number of benzene rings is 2. The van der Waals surface area contributed by atoms with Gasteiger partial charge in [-0.05, 0) is 48.6 Å². The first kappa shape index (κ1) is 23.4. The molecule has 5 rings (SSSR count).